The third-order valence-corrected chi connectivity index (χ3v) is 4.70. The molecule has 0 radical (unpaired) electrons. The number of hydrogen-bond donors (Lipinski definition) is 0. The first-order chi connectivity index (χ1) is 6.83. The van der Waals surface area contributed by atoms with Crippen LogP contribution in [0.3, 0.4) is 0 Å². The molecule has 0 bridgehead atoms. The predicted octanol–water partition coefficient (Wildman–Crippen LogP) is 2.57. The molecule has 1 aromatic rings. The van der Waals surface area contributed by atoms with E-state index in [0.717, 1.165) is 5.56 Å². The lowest BCUT2D eigenvalue weighted by Gasteiger charge is -2.27. The van der Waals surface area contributed by atoms with E-state index in [9.17, 15) is 13.0 Å². The second-order valence-electron chi connectivity index (χ2n) is 3.97. The summed E-state index contributed by atoms with van der Waals surface area (Å²) < 4.78 is 39.1. The van der Waals surface area contributed by atoms with Crippen LogP contribution in [0.4, 0.5) is 8.78 Å². The first-order valence-electron chi connectivity index (χ1n) is 4.67. The molecule has 0 N–H and O–H groups in total. The van der Waals surface area contributed by atoms with Crippen LogP contribution in [0.5, 0.6) is 0 Å². The summed E-state index contributed by atoms with van der Waals surface area (Å²) >= 11 is 0. The Labute approximate surface area is 88.1 Å². The van der Waals surface area contributed by atoms with E-state index in [1.807, 2.05) is 0 Å². The van der Waals surface area contributed by atoms with E-state index in [4.69, 9.17) is 0 Å². The Hall–Kier alpha value is -0.900. The van der Waals surface area contributed by atoms with Crippen LogP contribution in [0.2, 0.25) is 0 Å². The van der Waals surface area contributed by atoms with E-state index in [-0.39, 0.29) is 22.6 Å². The van der Waals surface area contributed by atoms with Crippen LogP contribution in [0.25, 0.3) is 0 Å². The van der Waals surface area contributed by atoms with Gasteiger partial charge in [-0.25, -0.2) is 8.78 Å². The number of rotatable bonds is 0. The highest BCUT2D eigenvalue weighted by Gasteiger charge is 2.40. The largest absolute Gasteiger partial charge is 0.275 e. The maximum absolute atomic E-state index is 13.6. The molecule has 4 heteroatoms. The van der Waals surface area contributed by atoms with Gasteiger partial charge in [0.1, 0.15) is 0 Å². The van der Waals surface area contributed by atoms with Gasteiger partial charge >= 0.3 is 0 Å². The Balaban J connectivity index is 2.76. The normalized spacial score (nSPS) is 28.5. The van der Waals surface area contributed by atoms with E-state index in [1.165, 1.54) is 12.1 Å². The minimum Gasteiger partial charge on any atom is -0.263 e. The molecule has 1 aliphatic rings. The fourth-order valence-corrected chi connectivity index (χ4v) is 3.52. The van der Waals surface area contributed by atoms with Gasteiger partial charge in [0.25, 0.3) is 5.92 Å². The van der Waals surface area contributed by atoms with Crippen molar-refractivity contribution in [2.75, 3.05) is 5.75 Å². The van der Waals surface area contributed by atoms with Crippen molar-refractivity contribution in [3.05, 3.63) is 29.3 Å². The third kappa shape index (κ3) is 1.67. The van der Waals surface area contributed by atoms with Crippen molar-refractivity contribution in [3.8, 4) is 0 Å². The van der Waals surface area contributed by atoms with Crippen LogP contribution in [0.1, 0.15) is 17.5 Å². The summed E-state index contributed by atoms with van der Waals surface area (Å²) in [6.07, 6.45) is -0.369. The van der Waals surface area contributed by atoms with Crippen LogP contribution in [0, 0.1) is 6.92 Å². The van der Waals surface area contributed by atoms with Crippen molar-refractivity contribution in [2.24, 2.45) is 0 Å². The van der Waals surface area contributed by atoms with Crippen molar-refractivity contribution >= 4 is 15.4 Å². The van der Waals surface area contributed by atoms with E-state index in [2.05, 4.69) is 5.87 Å². The van der Waals surface area contributed by atoms with Crippen LogP contribution in [-0.2, 0) is 15.4 Å². The molecule has 1 heterocycles. The quantitative estimate of drug-likeness (QED) is 0.626. The highest BCUT2D eigenvalue weighted by atomic mass is 32.2. The van der Waals surface area contributed by atoms with E-state index in [1.54, 1.807) is 13.0 Å². The lowest BCUT2D eigenvalue weighted by atomic mass is 10.0. The maximum Gasteiger partial charge on any atom is 0.275 e. The molecule has 0 saturated heterocycles. The molecular formula is C11H12F2OS. The fourth-order valence-electron chi connectivity index (χ4n) is 1.79. The molecule has 1 atom stereocenters. The fraction of sp³-hybridized carbons (Fsp3) is 0.364. The molecule has 0 saturated carbocycles. The molecule has 2 rings (SSSR count). The van der Waals surface area contributed by atoms with Crippen molar-refractivity contribution in [1.29, 1.82) is 0 Å². The molecule has 0 spiro atoms. The number of hydrogen-bond acceptors (Lipinski definition) is 1. The van der Waals surface area contributed by atoms with Crippen LogP contribution in [-0.4, -0.2) is 15.8 Å². The molecule has 1 nitrogen and oxygen atoms in total. The first kappa shape index (κ1) is 10.6. The molecule has 1 unspecified atom stereocenters. The third-order valence-electron chi connectivity index (χ3n) is 2.68. The highest BCUT2D eigenvalue weighted by Crippen LogP contribution is 2.41. The summed E-state index contributed by atoms with van der Waals surface area (Å²) in [5, 5.41) is 0. The van der Waals surface area contributed by atoms with Gasteiger partial charge in [0.2, 0.25) is 0 Å². The van der Waals surface area contributed by atoms with Crippen LogP contribution >= 0.6 is 0 Å². The molecular weight excluding hydrogens is 218 g/mol. The smallest absolute Gasteiger partial charge is 0.263 e. The van der Waals surface area contributed by atoms with Gasteiger partial charge in [-0.2, -0.15) is 0 Å². The van der Waals surface area contributed by atoms with Crippen molar-refractivity contribution in [2.45, 2.75) is 24.2 Å². The molecule has 82 valence electrons. The van der Waals surface area contributed by atoms with Gasteiger partial charge in [-0.05, 0) is 34.4 Å². The maximum atomic E-state index is 13.6. The summed E-state index contributed by atoms with van der Waals surface area (Å²) in [4.78, 5) is 0.226. The zero-order chi connectivity index (χ0) is 11.3. The molecule has 1 aliphatic heterocycles. The topological polar surface area (TPSA) is 17.1 Å². The number of aryl methyl sites for hydroxylation is 1. The lowest BCUT2D eigenvalue weighted by molar-refractivity contribution is -0.0122. The summed E-state index contributed by atoms with van der Waals surface area (Å²) in [5.74, 6) is 0.668. The van der Waals surface area contributed by atoms with Gasteiger partial charge < -0.3 is 0 Å². The average molecular weight is 230 g/mol. The number of fused-ring (bicyclic) bond motifs is 1. The highest BCUT2D eigenvalue weighted by molar-refractivity contribution is 8.00. The van der Waals surface area contributed by atoms with Gasteiger partial charge in [-0.1, -0.05) is 11.6 Å². The molecule has 1 aromatic carbocycles. The standard InChI is InChI=1S/C11H12F2OS/c1-8-3-4-10-9(7-8)11(12,13)5-6-15(10,2)14/h3-4,7H,2,5-6H2,1H3. The molecule has 0 aromatic heterocycles. The number of halogens is 2. The minimum atomic E-state index is -2.86. The molecule has 15 heavy (non-hydrogen) atoms. The predicted molar refractivity (Wildman–Crippen MR) is 58.1 cm³/mol. The second-order valence-corrected chi connectivity index (χ2v) is 6.44. The average Bonchev–Trinajstić information content (AvgIpc) is 2.13. The van der Waals surface area contributed by atoms with Gasteiger partial charge in [-0.15, -0.1) is 0 Å². The molecule has 0 aliphatic carbocycles. The first-order valence-corrected chi connectivity index (χ1v) is 6.56. The van der Waals surface area contributed by atoms with E-state index < -0.39 is 15.4 Å². The Morgan fingerprint density at radius 1 is 1.47 bits per heavy atom. The molecule has 0 fully saturated rings. The Bertz CT molecular complexity index is 503. The van der Waals surface area contributed by atoms with E-state index >= 15 is 0 Å². The van der Waals surface area contributed by atoms with Crippen molar-refractivity contribution < 1.29 is 13.0 Å². The summed E-state index contributed by atoms with van der Waals surface area (Å²) in [5.41, 5.74) is 0.652. The summed E-state index contributed by atoms with van der Waals surface area (Å²) in [6, 6.07) is 4.64. The van der Waals surface area contributed by atoms with E-state index in [0.29, 0.717) is 0 Å². The Morgan fingerprint density at radius 3 is 2.80 bits per heavy atom. The van der Waals surface area contributed by atoms with Gasteiger partial charge in [-0.3, -0.25) is 4.21 Å². The summed E-state index contributed by atoms with van der Waals surface area (Å²) in [7, 11) is -2.51. The second kappa shape index (κ2) is 3.04. The SMILES string of the molecule is C=S1(=O)CCC(F)(F)c2cc(C)ccc21. The number of benzene rings is 1. The van der Waals surface area contributed by atoms with Gasteiger partial charge in [0, 0.05) is 22.6 Å². The Kier molecular flexibility index (Phi) is 2.15. The van der Waals surface area contributed by atoms with Crippen molar-refractivity contribution in [3.63, 3.8) is 0 Å². The van der Waals surface area contributed by atoms with Crippen LogP contribution < -0.4 is 0 Å². The minimum absolute atomic E-state index is 0.0317. The lowest BCUT2D eigenvalue weighted by Crippen LogP contribution is -2.28. The number of alkyl halides is 2. The molecule has 0 amide bonds. The zero-order valence-electron chi connectivity index (χ0n) is 8.43. The van der Waals surface area contributed by atoms with Crippen LogP contribution in [0.15, 0.2) is 23.1 Å². The summed E-state index contributed by atoms with van der Waals surface area (Å²) in [6.45, 7) is 1.75. The zero-order valence-corrected chi connectivity index (χ0v) is 9.24. The monoisotopic (exact) mass is 230 g/mol. The van der Waals surface area contributed by atoms with Crippen molar-refractivity contribution in [1.82, 2.24) is 0 Å². The Morgan fingerprint density at radius 2 is 2.13 bits per heavy atom. The van der Waals surface area contributed by atoms with Gasteiger partial charge in [0.15, 0.2) is 0 Å². The van der Waals surface area contributed by atoms with Gasteiger partial charge in [0.05, 0.1) is 0 Å².